The number of hydrogen-bond acceptors (Lipinski definition) is 3. The van der Waals surface area contributed by atoms with Gasteiger partial charge in [-0.2, -0.15) is 0 Å². The van der Waals surface area contributed by atoms with Crippen LogP contribution in [0.15, 0.2) is 72.8 Å². The number of hydrogen-bond donors (Lipinski definition) is 3. The van der Waals surface area contributed by atoms with Crippen molar-refractivity contribution in [2.45, 2.75) is 31.2 Å². The molecule has 30 heavy (non-hydrogen) atoms. The second kappa shape index (κ2) is 8.51. The van der Waals surface area contributed by atoms with Crippen LogP contribution in [0.4, 0.5) is 5.69 Å². The summed E-state index contributed by atoms with van der Waals surface area (Å²) in [5.74, 6) is -1.05. The van der Waals surface area contributed by atoms with Crippen LogP contribution in [0.2, 0.25) is 0 Å². The largest absolute Gasteiger partial charge is 0.481 e. The van der Waals surface area contributed by atoms with Crippen molar-refractivity contribution < 1.29 is 14.7 Å². The average Bonchev–Trinajstić information content (AvgIpc) is 3.06. The Morgan fingerprint density at radius 1 is 0.933 bits per heavy atom. The van der Waals surface area contributed by atoms with Gasteiger partial charge in [-0.05, 0) is 52.8 Å². The van der Waals surface area contributed by atoms with E-state index in [1.165, 1.54) is 0 Å². The number of amides is 1. The summed E-state index contributed by atoms with van der Waals surface area (Å²) in [7, 11) is 0. The standard InChI is InChI=1S/C25H24N2O3/c26-23(14-16-6-2-1-3-7-16)25(30)27-17-10-11-20-18-8-4-5-9-19(18)21(22(20)15-17)12-13-24(28)29/h1-11,15,21,23H,12-14,26H2,(H,27,30)(H,28,29). The molecule has 0 aromatic heterocycles. The summed E-state index contributed by atoms with van der Waals surface area (Å²) in [5.41, 5.74) is 12.2. The van der Waals surface area contributed by atoms with Gasteiger partial charge in [0, 0.05) is 18.0 Å². The maximum Gasteiger partial charge on any atom is 0.303 e. The van der Waals surface area contributed by atoms with E-state index >= 15 is 0 Å². The molecule has 0 bridgehead atoms. The van der Waals surface area contributed by atoms with E-state index in [4.69, 9.17) is 10.8 Å². The second-order valence-electron chi connectivity index (χ2n) is 7.66. The molecule has 152 valence electrons. The lowest BCUT2D eigenvalue weighted by Gasteiger charge is -2.15. The second-order valence-corrected chi connectivity index (χ2v) is 7.66. The number of carboxylic acids is 1. The zero-order valence-corrected chi connectivity index (χ0v) is 16.5. The summed E-state index contributed by atoms with van der Waals surface area (Å²) in [6.45, 7) is 0. The highest BCUT2D eigenvalue weighted by atomic mass is 16.4. The Kier molecular flexibility index (Phi) is 5.63. The first-order valence-corrected chi connectivity index (χ1v) is 10.1. The first kappa shape index (κ1) is 19.9. The summed E-state index contributed by atoms with van der Waals surface area (Å²) in [4.78, 5) is 23.8. The molecule has 5 nitrogen and oxygen atoms in total. The zero-order chi connectivity index (χ0) is 21.1. The summed E-state index contributed by atoms with van der Waals surface area (Å²) < 4.78 is 0. The number of aliphatic carboxylic acids is 1. The Morgan fingerprint density at radius 2 is 1.63 bits per heavy atom. The molecule has 2 atom stereocenters. The summed E-state index contributed by atoms with van der Waals surface area (Å²) in [5, 5.41) is 12.1. The first-order chi connectivity index (χ1) is 14.5. The van der Waals surface area contributed by atoms with Gasteiger partial charge in [0.1, 0.15) is 0 Å². The predicted molar refractivity (Wildman–Crippen MR) is 117 cm³/mol. The molecule has 0 saturated heterocycles. The van der Waals surface area contributed by atoms with Gasteiger partial charge in [0.05, 0.1) is 6.04 Å². The van der Waals surface area contributed by atoms with Crippen LogP contribution in [-0.2, 0) is 16.0 Å². The van der Waals surface area contributed by atoms with E-state index in [0.717, 1.165) is 27.8 Å². The molecule has 5 heteroatoms. The third-order valence-electron chi connectivity index (χ3n) is 5.60. The molecule has 4 N–H and O–H groups in total. The number of rotatable bonds is 7. The number of nitrogens with one attached hydrogen (secondary N) is 1. The molecule has 0 aliphatic heterocycles. The zero-order valence-electron chi connectivity index (χ0n) is 16.5. The Hall–Kier alpha value is -3.44. The summed E-state index contributed by atoms with van der Waals surface area (Å²) in [6, 6.07) is 22.9. The Labute approximate surface area is 175 Å². The van der Waals surface area contributed by atoms with Crippen molar-refractivity contribution in [1.82, 2.24) is 0 Å². The van der Waals surface area contributed by atoms with Gasteiger partial charge in [0.2, 0.25) is 5.91 Å². The van der Waals surface area contributed by atoms with Crippen LogP contribution in [0.5, 0.6) is 0 Å². The number of anilines is 1. The van der Waals surface area contributed by atoms with Crippen LogP contribution in [-0.4, -0.2) is 23.0 Å². The van der Waals surface area contributed by atoms with E-state index in [1.54, 1.807) is 0 Å². The van der Waals surface area contributed by atoms with E-state index in [0.29, 0.717) is 18.5 Å². The number of nitrogens with two attached hydrogens (primary N) is 1. The van der Waals surface area contributed by atoms with Gasteiger partial charge in [0.25, 0.3) is 0 Å². The average molecular weight is 400 g/mol. The molecule has 0 fully saturated rings. The summed E-state index contributed by atoms with van der Waals surface area (Å²) >= 11 is 0. The van der Waals surface area contributed by atoms with Gasteiger partial charge >= 0.3 is 5.97 Å². The van der Waals surface area contributed by atoms with Gasteiger partial charge in [-0.15, -0.1) is 0 Å². The fourth-order valence-electron chi connectivity index (χ4n) is 4.16. The third-order valence-corrected chi connectivity index (χ3v) is 5.60. The molecular formula is C25H24N2O3. The minimum absolute atomic E-state index is 0.00199. The van der Waals surface area contributed by atoms with Gasteiger partial charge in [-0.3, -0.25) is 9.59 Å². The van der Waals surface area contributed by atoms with Crippen LogP contribution < -0.4 is 11.1 Å². The van der Waals surface area contributed by atoms with Crippen molar-refractivity contribution in [3.05, 3.63) is 89.5 Å². The van der Waals surface area contributed by atoms with Crippen molar-refractivity contribution in [3.63, 3.8) is 0 Å². The van der Waals surface area contributed by atoms with E-state index in [9.17, 15) is 9.59 Å². The Bertz CT molecular complexity index is 1080. The normalized spacial score (nSPS) is 15.2. The fraction of sp³-hybridized carbons (Fsp3) is 0.200. The highest BCUT2D eigenvalue weighted by Crippen LogP contribution is 2.47. The van der Waals surface area contributed by atoms with Crippen molar-refractivity contribution >= 4 is 17.6 Å². The maximum atomic E-state index is 12.6. The van der Waals surface area contributed by atoms with E-state index in [1.807, 2.05) is 60.7 Å². The van der Waals surface area contributed by atoms with Crippen LogP contribution in [0, 0.1) is 0 Å². The SMILES string of the molecule is NC(Cc1ccccc1)C(=O)Nc1ccc2c(c1)C(CCC(=O)O)c1ccccc1-2. The Balaban J connectivity index is 1.54. The molecule has 0 spiro atoms. The minimum atomic E-state index is -0.808. The van der Waals surface area contributed by atoms with E-state index in [2.05, 4.69) is 17.4 Å². The van der Waals surface area contributed by atoms with E-state index < -0.39 is 12.0 Å². The van der Waals surface area contributed by atoms with E-state index in [-0.39, 0.29) is 18.2 Å². The van der Waals surface area contributed by atoms with Crippen LogP contribution in [0.25, 0.3) is 11.1 Å². The lowest BCUT2D eigenvalue weighted by atomic mass is 9.92. The van der Waals surface area contributed by atoms with Crippen molar-refractivity contribution in [2.24, 2.45) is 5.73 Å². The monoisotopic (exact) mass is 400 g/mol. The van der Waals surface area contributed by atoms with Crippen LogP contribution in [0.1, 0.15) is 35.4 Å². The molecule has 1 aliphatic rings. The molecule has 4 rings (SSSR count). The van der Waals surface area contributed by atoms with Gasteiger partial charge in [0.15, 0.2) is 0 Å². The number of carbonyl (C=O) groups excluding carboxylic acids is 1. The lowest BCUT2D eigenvalue weighted by molar-refractivity contribution is -0.137. The molecule has 3 aromatic rings. The Morgan fingerprint density at radius 3 is 2.40 bits per heavy atom. The molecule has 1 amide bonds. The van der Waals surface area contributed by atoms with Gasteiger partial charge < -0.3 is 16.2 Å². The quantitative estimate of drug-likeness (QED) is 0.555. The molecule has 2 unspecified atom stereocenters. The molecule has 0 heterocycles. The number of fused-ring (bicyclic) bond motifs is 3. The molecule has 3 aromatic carbocycles. The lowest BCUT2D eigenvalue weighted by Crippen LogP contribution is -2.37. The smallest absolute Gasteiger partial charge is 0.303 e. The molecule has 0 saturated carbocycles. The van der Waals surface area contributed by atoms with Crippen molar-refractivity contribution in [1.29, 1.82) is 0 Å². The molecule has 1 aliphatic carbocycles. The van der Waals surface area contributed by atoms with Crippen molar-refractivity contribution in [3.8, 4) is 11.1 Å². The number of carbonyl (C=O) groups is 2. The summed E-state index contributed by atoms with van der Waals surface area (Å²) in [6.07, 6.45) is 1.07. The topological polar surface area (TPSA) is 92.4 Å². The number of benzene rings is 3. The third kappa shape index (κ3) is 4.11. The maximum absolute atomic E-state index is 12.6. The van der Waals surface area contributed by atoms with Crippen LogP contribution >= 0.6 is 0 Å². The highest BCUT2D eigenvalue weighted by molar-refractivity contribution is 5.95. The van der Waals surface area contributed by atoms with Gasteiger partial charge in [-0.25, -0.2) is 0 Å². The first-order valence-electron chi connectivity index (χ1n) is 10.1. The molecule has 0 radical (unpaired) electrons. The molecular weight excluding hydrogens is 376 g/mol. The van der Waals surface area contributed by atoms with Crippen molar-refractivity contribution in [2.75, 3.05) is 5.32 Å². The minimum Gasteiger partial charge on any atom is -0.481 e. The number of carboxylic acid groups (broad SMARTS) is 1. The van der Waals surface area contributed by atoms with Gasteiger partial charge in [-0.1, -0.05) is 60.7 Å². The predicted octanol–water partition coefficient (Wildman–Crippen LogP) is 4.17. The van der Waals surface area contributed by atoms with Crippen LogP contribution in [0.3, 0.4) is 0 Å². The highest BCUT2D eigenvalue weighted by Gasteiger charge is 2.29. The fourth-order valence-corrected chi connectivity index (χ4v) is 4.16.